The lowest BCUT2D eigenvalue weighted by Crippen LogP contribution is -2.38. The van der Waals surface area contributed by atoms with Gasteiger partial charge in [-0.1, -0.05) is 25.1 Å². The van der Waals surface area contributed by atoms with Crippen molar-refractivity contribution in [2.75, 3.05) is 26.8 Å². The largest absolute Gasteiger partial charge is 0.384 e. The van der Waals surface area contributed by atoms with Crippen molar-refractivity contribution in [3.8, 4) is 17.5 Å². The molecule has 1 aliphatic carbocycles. The second-order valence-corrected chi connectivity index (χ2v) is 9.89. The zero-order chi connectivity index (χ0) is 25.1. The number of hydrogen-bond acceptors (Lipinski definition) is 5. The fourth-order valence-electron chi connectivity index (χ4n) is 5.24. The number of carbonyl (C=O) groups excluding carboxylic acids is 1. The van der Waals surface area contributed by atoms with Crippen LogP contribution in [0.25, 0.3) is 11.4 Å². The molecule has 0 radical (unpaired) electrons. The van der Waals surface area contributed by atoms with Crippen molar-refractivity contribution in [1.29, 1.82) is 5.26 Å². The van der Waals surface area contributed by atoms with Crippen LogP contribution in [0.3, 0.4) is 0 Å². The van der Waals surface area contributed by atoms with Crippen molar-refractivity contribution in [3.05, 3.63) is 70.0 Å². The molecular weight excluding hydrogens is 450 g/mol. The van der Waals surface area contributed by atoms with E-state index in [4.69, 9.17) is 10.00 Å². The number of rotatable bonds is 8. The maximum Gasteiger partial charge on any atom is 0.254 e. The fraction of sp³-hybridized carbons (Fsp3) is 0.448. The minimum atomic E-state index is 0.104. The normalized spacial score (nSPS) is 16.2. The van der Waals surface area contributed by atoms with Gasteiger partial charge in [-0.2, -0.15) is 5.26 Å². The number of aryl methyl sites for hydroxylation is 1. The molecule has 5 rings (SSSR count). The Morgan fingerprint density at radius 1 is 1.11 bits per heavy atom. The molecule has 2 aliphatic rings. The van der Waals surface area contributed by atoms with Crippen LogP contribution in [0.15, 0.2) is 36.4 Å². The van der Waals surface area contributed by atoms with Crippen LogP contribution in [0.4, 0.5) is 0 Å². The van der Waals surface area contributed by atoms with Crippen LogP contribution in [0, 0.1) is 11.3 Å². The second-order valence-electron chi connectivity index (χ2n) is 9.89. The van der Waals surface area contributed by atoms with Crippen LogP contribution in [-0.4, -0.2) is 52.8 Å². The fourth-order valence-corrected chi connectivity index (χ4v) is 5.24. The van der Waals surface area contributed by atoms with E-state index in [0.717, 1.165) is 60.7 Å². The number of carbonyl (C=O) groups is 1. The number of methoxy groups -OCH3 is 1. The monoisotopic (exact) mass is 483 g/mol. The zero-order valence-electron chi connectivity index (χ0n) is 21.1. The summed E-state index contributed by atoms with van der Waals surface area (Å²) in [6, 6.07) is 14.3. The lowest BCUT2D eigenvalue weighted by molar-refractivity contribution is 0.0712. The molecule has 186 valence electrons. The first-order valence-electron chi connectivity index (χ1n) is 13.0. The summed E-state index contributed by atoms with van der Waals surface area (Å²) in [5, 5.41) is 17.8. The zero-order valence-corrected chi connectivity index (χ0v) is 21.1. The van der Waals surface area contributed by atoms with E-state index in [1.807, 2.05) is 17.0 Å². The van der Waals surface area contributed by atoms with Gasteiger partial charge in [0, 0.05) is 37.7 Å². The van der Waals surface area contributed by atoms with Gasteiger partial charge >= 0.3 is 0 Å². The van der Waals surface area contributed by atoms with E-state index in [1.165, 1.54) is 24.0 Å². The van der Waals surface area contributed by atoms with Gasteiger partial charge in [0.05, 0.1) is 18.2 Å². The molecule has 3 aromatic rings. The Hall–Kier alpha value is -3.50. The van der Waals surface area contributed by atoms with Gasteiger partial charge in [0.25, 0.3) is 5.91 Å². The number of ether oxygens (including phenoxy) is 1. The summed E-state index contributed by atoms with van der Waals surface area (Å²) < 4.78 is 5.18. The number of benzene rings is 2. The Labute approximate surface area is 212 Å². The number of hydrogen-bond donors (Lipinski definition) is 1. The van der Waals surface area contributed by atoms with Crippen LogP contribution in [0.2, 0.25) is 0 Å². The SMILES string of the molecule is CCc1cc(C2CC2)c(-c2nnc(CCOC)[nH]2)cc1C(=O)N1CCC(c2ccc(C#N)cc2)CC1. The van der Waals surface area contributed by atoms with Crippen LogP contribution >= 0.6 is 0 Å². The molecule has 0 bridgehead atoms. The molecule has 0 atom stereocenters. The van der Waals surface area contributed by atoms with E-state index >= 15 is 0 Å². The van der Waals surface area contributed by atoms with Gasteiger partial charge in [-0.15, -0.1) is 10.2 Å². The van der Waals surface area contributed by atoms with E-state index in [0.29, 0.717) is 30.4 Å². The van der Waals surface area contributed by atoms with Crippen molar-refractivity contribution in [1.82, 2.24) is 20.1 Å². The highest BCUT2D eigenvalue weighted by Gasteiger charge is 2.31. The molecule has 1 amide bonds. The van der Waals surface area contributed by atoms with Crippen molar-refractivity contribution >= 4 is 5.91 Å². The summed E-state index contributed by atoms with van der Waals surface area (Å²) in [4.78, 5) is 19.1. The predicted octanol–water partition coefficient (Wildman–Crippen LogP) is 4.99. The third-order valence-electron chi connectivity index (χ3n) is 7.53. The number of nitrogens with one attached hydrogen (secondary N) is 1. The molecule has 1 aliphatic heterocycles. The average molecular weight is 484 g/mol. The molecule has 1 saturated heterocycles. The Balaban J connectivity index is 1.37. The van der Waals surface area contributed by atoms with Gasteiger partial charge < -0.3 is 14.6 Å². The molecule has 1 aromatic heterocycles. The number of H-pyrrole nitrogens is 1. The van der Waals surface area contributed by atoms with Crippen LogP contribution in [-0.2, 0) is 17.6 Å². The summed E-state index contributed by atoms with van der Waals surface area (Å²) in [5.41, 5.74) is 6.10. The van der Waals surface area contributed by atoms with Gasteiger partial charge in [-0.05, 0) is 78.8 Å². The van der Waals surface area contributed by atoms with Gasteiger partial charge in [0.15, 0.2) is 5.82 Å². The van der Waals surface area contributed by atoms with Crippen LogP contribution in [0.5, 0.6) is 0 Å². The summed E-state index contributed by atoms with van der Waals surface area (Å²) >= 11 is 0. The third-order valence-corrected chi connectivity index (χ3v) is 7.53. The van der Waals surface area contributed by atoms with Crippen molar-refractivity contribution < 1.29 is 9.53 Å². The first-order valence-corrected chi connectivity index (χ1v) is 13.0. The minimum Gasteiger partial charge on any atom is -0.384 e. The van der Waals surface area contributed by atoms with Crippen molar-refractivity contribution in [3.63, 3.8) is 0 Å². The van der Waals surface area contributed by atoms with Gasteiger partial charge in [-0.3, -0.25) is 4.79 Å². The maximum absolute atomic E-state index is 13.8. The summed E-state index contributed by atoms with van der Waals surface area (Å²) in [6.45, 7) is 4.17. The van der Waals surface area contributed by atoms with E-state index < -0.39 is 0 Å². The van der Waals surface area contributed by atoms with Crippen molar-refractivity contribution in [2.45, 2.75) is 57.3 Å². The highest BCUT2D eigenvalue weighted by molar-refractivity contribution is 5.97. The number of aromatic nitrogens is 3. The van der Waals surface area contributed by atoms with Crippen molar-refractivity contribution in [2.24, 2.45) is 0 Å². The van der Waals surface area contributed by atoms with Gasteiger partial charge in [-0.25, -0.2) is 0 Å². The summed E-state index contributed by atoms with van der Waals surface area (Å²) in [6.07, 6.45) is 5.70. The van der Waals surface area contributed by atoms with E-state index in [-0.39, 0.29) is 5.91 Å². The van der Waals surface area contributed by atoms with Gasteiger partial charge in [0.1, 0.15) is 5.82 Å². The lowest BCUT2D eigenvalue weighted by atomic mass is 9.88. The molecule has 0 unspecified atom stereocenters. The third kappa shape index (κ3) is 5.05. The lowest BCUT2D eigenvalue weighted by Gasteiger charge is -2.33. The van der Waals surface area contributed by atoms with Crippen LogP contribution in [0.1, 0.15) is 82.9 Å². The van der Waals surface area contributed by atoms with Gasteiger partial charge in [0.2, 0.25) is 0 Å². The highest BCUT2D eigenvalue weighted by atomic mass is 16.5. The molecule has 0 spiro atoms. The maximum atomic E-state index is 13.8. The number of nitriles is 1. The van der Waals surface area contributed by atoms with E-state index in [2.05, 4.69) is 52.4 Å². The smallest absolute Gasteiger partial charge is 0.254 e. The summed E-state index contributed by atoms with van der Waals surface area (Å²) in [7, 11) is 1.68. The topological polar surface area (TPSA) is 94.9 Å². The number of amides is 1. The molecule has 1 N–H and O–H groups in total. The first-order chi connectivity index (χ1) is 17.6. The molecule has 36 heavy (non-hydrogen) atoms. The average Bonchev–Trinajstić information content (AvgIpc) is 3.68. The van der Waals surface area contributed by atoms with Crippen LogP contribution < -0.4 is 0 Å². The number of nitrogens with zero attached hydrogens (tertiary/aromatic N) is 4. The highest BCUT2D eigenvalue weighted by Crippen LogP contribution is 2.45. The Bertz CT molecular complexity index is 1260. The molecule has 1 saturated carbocycles. The molecule has 2 aromatic carbocycles. The quantitative estimate of drug-likeness (QED) is 0.487. The molecule has 2 heterocycles. The standard InChI is InChI=1S/C29H33N5O2/c1-3-20-16-24(23-8-9-23)26(28-31-27(32-33-28)12-15-36-2)17-25(20)29(35)34-13-10-22(11-14-34)21-6-4-19(18-30)5-7-21/h4-7,16-17,22-23H,3,8-15H2,1-2H3,(H,31,32,33). The first kappa shape index (κ1) is 24.2. The Morgan fingerprint density at radius 2 is 1.86 bits per heavy atom. The molecule has 7 heteroatoms. The van der Waals surface area contributed by atoms with E-state index in [9.17, 15) is 4.79 Å². The Morgan fingerprint density at radius 3 is 2.50 bits per heavy atom. The predicted molar refractivity (Wildman–Crippen MR) is 138 cm³/mol. The number of aromatic amines is 1. The number of likely N-dealkylation sites (tertiary alicyclic amines) is 1. The number of piperidine rings is 1. The molecular formula is C29H33N5O2. The molecule has 7 nitrogen and oxygen atoms in total. The Kier molecular flexibility index (Phi) is 7.15. The summed E-state index contributed by atoms with van der Waals surface area (Å²) in [5.74, 6) is 2.59. The second kappa shape index (κ2) is 10.6. The molecule has 2 fully saturated rings. The minimum absolute atomic E-state index is 0.104. The van der Waals surface area contributed by atoms with E-state index in [1.54, 1.807) is 7.11 Å².